The first-order valence-corrected chi connectivity index (χ1v) is 7.48. The minimum absolute atomic E-state index is 0.0252. The molecule has 1 aliphatic rings. The zero-order valence-electron chi connectivity index (χ0n) is 11.6. The number of ether oxygens (including phenoxy) is 1. The van der Waals surface area contributed by atoms with Gasteiger partial charge in [0, 0.05) is 6.42 Å². The lowest BCUT2D eigenvalue weighted by Gasteiger charge is -2.18. The molecule has 1 atom stereocenters. The van der Waals surface area contributed by atoms with Gasteiger partial charge in [-0.05, 0) is 12.8 Å². The van der Waals surface area contributed by atoms with E-state index in [-0.39, 0.29) is 17.9 Å². The molecule has 0 spiro atoms. The zero-order chi connectivity index (χ0) is 13.2. The maximum atomic E-state index is 11.4. The first kappa shape index (κ1) is 15.2. The number of carbonyl (C=O) groups is 2. The highest BCUT2D eigenvalue weighted by molar-refractivity contribution is 5.89. The van der Waals surface area contributed by atoms with Gasteiger partial charge < -0.3 is 4.74 Å². The SMILES string of the molecule is CCCCCCCCCCC1CCC(=O)OC1=O. The molecular weight excluding hydrogens is 228 g/mol. The zero-order valence-corrected chi connectivity index (χ0v) is 11.6. The van der Waals surface area contributed by atoms with E-state index in [0.29, 0.717) is 12.8 Å². The summed E-state index contributed by atoms with van der Waals surface area (Å²) in [7, 11) is 0. The molecule has 0 saturated carbocycles. The second-order valence-corrected chi connectivity index (χ2v) is 5.29. The third-order valence-corrected chi connectivity index (χ3v) is 3.65. The van der Waals surface area contributed by atoms with Gasteiger partial charge in [-0.25, -0.2) is 0 Å². The molecule has 0 aromatic rings. The summed E-state index contributed by atoms with van der Waals surface area (Å²) < 4.78 is 4.64. The van der Waals surface area contributed by atoms with Crippen molar-refractivity contribution in [3.8, 4) is 0 Å². The van der Waals surface area contributed by atoms with E-state index in [4.69, 9.17) is 0 Å². The average Bonchev–Trinajstić information content (AvgIpc) is 2.35. The molecule has 1 rings (SSSR count). The van der Waals surface area contributed by atoms with Crippen molar-refractivity contribution >= 4 is 11.9 Å². The number of esters is 2. The molecule has 1 heterocycles. The lowest BCUT2D eigenvalue weighted by molar-refractivity contribution is -0.167. The Hall–Kier alpha value is -0.860. The summed E-state index contributed by atoms with van der Waals surface area (Å²) in [5, 5.41) is 0. The minimum atomic E-state index is -0.354. The fraction of sp³-hybridized carbons (Fsp3) is 0.867. The van der Waals surface area contributed by atoms with Crippen molar-refractivity contribution in [1.29, 1.82) is 0 Å². The van der Waals surface area contributed by atoms with E-state index in [1.807, 2.05) is 0 Å². The first-order chi connectivity index (χ1) is 8.74. The predicted molar refractivity (Wildman–Crippen MR) is 71.1 cm³/mol. The normalized spacial score (nSPS) is 19.9. The molecule has 1 saturated heterocycles. The molecule has 3 nitrogen and oxygen atoms in total. The van der Waals surface area contributed by atoms with Gasteiger partial charge in [-0.2, -0.15) is 0 Å². The van der Waals surface area contributed by atoms with Crippen LogP contribution >= 0.6 is 0 Å². The average molecular weight is 254 g/mol. The van der Waals surface area contributed by atoms with E-state index in [9.17, 15) is 9.59 Å². The van der Waals surface area contributed by atoms with Crippen LogP contribution in [-0.2, 0) is 14.3 Å². The minimum Gasteiger partial charge on any atom is -0.393 e. The van der Waals surface area contributed by atoms with Gasteiger partial charge in [-0.15, -0.1) is 0 Å². The Kier molecular flexibility index (Phi) is 7.70. The predicted octanol–water partition coefficient (Wildman–Crippen LogP) is 4.00. The summed E-state index contributed by atoms with van der Waals surface area (Å²) >= 11 is 0. The van der Waals surface area contributed by atoms with Crippen LogP contribution in [0, 0.1) is 5.92 Å². The Morgan fingerprint density at radius 3 is 2.22 bits per heavy atom. The molecule has 0 aromatic carbocycles. The van der Waals surface area contributed by atoms with Crippen molar-refractivity contribution in [2.24, 2.45) is 5.92 Å². The molecule has 1 fully saturated rings. The number of hydrogen-bond acceptors (Lipinski definition) is 3. The Labute approximate surface area is 110 Å². The van der Waals surface area contributed by atoms with E-state index in [1.165, 1.54) is 44.9 Å². The third-order valence-electron chi connectivity index (χ3n) is 3.65. The molecule has 0 N–H and O–H groups in total. The Morgan fingerprint density at radius 1 is 1.00 bits per heavy atom. The first-order valence-electron chi connectivity index (χ1n) is 7.48. The van der Waals surface area contributed by atoms with Crippen molar-refractivity contribution in [3.05, 3.63) is 0 Å². The van der Waals surface area contributed by atoms with E-state index in [1.54, 1.807) is 0 Å². The molecule has 1 unspecified atom stereocenters. The van der Waals surface area contributed by atoms with Gasteiger partial charge in [-0.1, -0.05) is 58.3 Å². The van der Waals surface area contributed by atoms with Gasteiger partial charge in [0.2, 0.25) is 0 Å². The summed E-state index contributed by atoms with van der Waals surface area (Å²) in [6.45, 7) is 2.23. The van der Waals surface area contributed by atoms with Crippen molar-refractivity contribution in [3.63, 3.8) is 0 Å². The molecule has 3 heteroatoms. The molecule has 0 amide bonds. The molecular formula is C15H26O3. The van der Waals surface area contributed by atoms with Crippen LogP contribution in [0.25, 0.3) is 0 Å². The van der Waals surface area contributed by atoms with Crippen molar-refractivity contribution in [2.45, 2.75) is 77.6 Å². The lowest BCUT2D eigenvalue weighted by Crippen LogP contribution is -2.27. The number of carbonyl (C=O) groups excluding carboxylic acids is 2. The van der Waals surface area contributed by atoms with Gasteiger partial charge in [-0.3, -0.25) is 9.59 Å². The van der Waals surface area contributed by atoms with E-state index >= 15 is 0 Å². The van der Waals surface area contributed by atoms with E-state index in [2.05, 4.69) is 11.7 Å². The fourth-order valence-corrected chi connectivity index (χ4v) is 2.44. The van der Waals surface area contributed by atoms with Crippen LogP contribution in [0.4, 0.5) is 0 Å². The molecule has 1 aliphatic heterocycles. The number of rotatable bonds is 9. The monoisotopic (exact) mass is 254 g/mol. The van der Waals surface area contributed by atoms with Crippen molar-refractivity contribution < 1.29 is 14.3 Å². The number of cyclic esters (lactones) is 2. The highest BCUT2D eigenvalue weighted by Gasteiger charge is 2.28. The van der Waals surface area contributed by atoms with Gasteiger partial charge in [0.25, 0.3) is 0 Å². The summed E-state index contributed by atoms with van der Waals surface area (Å²) in [6.07, 6.45) is 12.2. The molecule has 18 heavy (non-hydrogen) atoms. The topological polar surface area (TPSA) is 43.4 Å². The van der Waals surface area contributed by atoms with Gasteiger partial charge in [0.15, 0.2) is 0 Å². The Balaban J connectivity index is 1.94. The Morgan fingerprint density at radius 2 is 1.61 bits per heavy atom. The van der Waals surface area contributed by atoms with Crippen LogP contribution in [0.2, 0.25) is 0 Å². The smallest absolute Gasteiger partial charge is 0.316 e. The van der Waals surface area contributed by atoms with E-state index < -0.39 is 0 Å². The van der Waals surface area contributed by atoms with Gasteiger partial charge in [0.1, 0.15) is 0 Å². The lowest BCUT2D eigenvalue weighted by atomic mass is 9.94. The highest BCUT2D eigenvalue weighted by atomic mass is 16.6. The molecule has 0 aliphatic carbocycles. The van der Waals surface area contributed by atoms with Crippen LogP contribution in [0.5, 0.6) is 0 Å². The van der Waals surface area contributed by atoms with Crippen LogP contribution < -0.4 is 0 Å². The van der Waals surface area contributed by atoms with Gasteiger partial charge >= 0.3 is 11.9 Å². The maximum absolute atomic E-state index is 11.4. The quantitative estimate of drug-likeness (QED) is 0.355. The summed E-state index contributed by atoms with van der Waals surface area (Å²) in [5.74, 6) is -0.677. The van der Waals surface area contributed by atoms with Crippen LogP contribution in [-0.4, -0.2) is 11.9 Å². The summed E-state index contributed by atoms with van der Waals surface area (Å²) in [6, 6.07) is 0. The molecule has 0 radical (unpaired) electrons. The number of unbranched alkanes of at least 4 members (excludes halogenated alkanes) is 7. The second kappa shape index (κ2) is 9.12. The van der Waals surface area contributed by atoms with Gasteiger partial charge in [0.05, 0.1) is 5.92 Å². The summed E-state index contributed by atoms with van der Waals surface area (Å²) in [5.41, 5.74) is 0. The largest absolute Gasteiger partial charge is 0.393 e. The third kappa shape index (κ3) is 6.18. The summed E-state index contributed by atoms with van der Waals surface area (Å²) in [4.78, 5) is 22.3. The molecule has 0 aromatic heterocycles. The molecule has 0 bridgehead atoms. The Bertz CT molecular complexity index is 260. The maximum Gasteiger partial charge on any atom is 0.316 e. The fourth-order valence-electron chi connectivity index (χ4n) is 2.44. The van der Waals surface area contributed by atoms with Crippen LogP contribution in [0.15, 0.2) is 0 Å². The molecule has 104 valence electrons. The second-order valence-electron chi connectivity index (χ2n) is 5.29. The van der Waals surface area contributed by atoms with E-state index in [0.717, 1.165) is 12.8 Å². The van der Waals surface area contributed by atoms with Crippen LogP contribution in [0.1, 0.15) is 77.6 Å². The van der Waals surface area contributed by atoms with Crippen molar-refractivity contribution in [1.82, 2.24) is 0 Å². The van der Waals surface area contributed by atoms with Crippen molar-refractivity contribution in [2.75, 3.05) is 0 Å². The standard InChI is InChI=1S/C15H26O3/c1-2-3-4-5-6-7-8-9-10-13-11-12-14(16)18-15(13)17/h13H,2-12H2,1H3. The highest BCUT2D eigenvalue weighted by Crippen LogP contribution is 2.22. The van der Waals surface area contributed by atoms with Crippen LogP contribution in [0.3, 0.4) is 0 Å². The number of hydrogen-bond donors (Lipinski definition) is 0.